The number of hydrogen-bond donors (Lipinski definition) is 1. The van der Waals surface area contributed by atoms with E-state index in [9.17, 15) is 0 Å². The highest BCUT2D eigenvalue weighted by molar-refractivity contribution is 9.10. The van der Waals surface area contributed by atoms with Crippen LogP contribution in [0.2, 0.25) is 0 Å². The van der Waals surface area contributed by atoms with E-state index in [1.807, 2.05) is 23.0 Å². The van der Waals surface area contributed by atoms with Gasteiger partial charge in [0.15, 0.2) is 0 Å². The van der Waals surface area contributed by atoms with Gasteiger partial charge in [0.1, 0.15) is 0 Å². The topological polar surface area (TPSA) is 43.8 Å². The van der Waals surface area contributed by atoms with Crippen LogP contribution in [0.15, 0.2) is 41.1 Å². The quantitative estimate of drug-likeness (QED) is 0.924. The van der Waals surface area contributed by atoms with Crippen molar-refractivity contribution >= 4 is 15.9 Å². The van der Waals surface area contributed by atoms with E-state index in [-0.39, 0.29) is 0 Å². The van der Waals surface area contributed by atoms with Gasteiger partial charge in [-0.05, 0) is 52.7 Å². The molecule has 0 unspecified atom stereocenters. The zero-order chi connectivity index (χ0) is 10.7. The first-order chi connectivity index (χ1) is 7.31. The Kier molecular flexibility index (Phi) is 3.18. The first-order valence-corrected chi connectivity index (χ1v) is 5.59. The van der Waals surface area contributed by atoms with Gasteiger partial charge in [-0.25, -0.2) is 4.68 Å². The molecule has 2 N–H and O–H groups in total. The van der Waals surface area contributed by atoms with Gasteiger partial charge in [-0.2, -0.15) is 5.10 Å². The first kappa shape index (κ1) is 10.4. The average molecular weight is 266 g/mol. The lowest BCUT2D eigenvalue weighted by molar-refractivity contribution is 0.872. The summed E-state index contributed by atoms with van der Waals surface area (Å²) in [5, 5.41) is 4.18. The Balaban J connectivity index is 2.35. The van der Waals surface area contributed by atoms with Crippen molar-refractivity contribution in [3.63, 3.8) is 0 Å². The second-order valence-electron chi connectivity index (χ2n) is 3.28. The van der Waals surface area contributed by atoms with Crippen LogP contribution in [0.25, 0.3) is 5.69 Å². The van der Waals surface area contributed by atoms with Crippen LogP contribution in [0.3, 0.4) is 0 Å². The van der Waals surface area contributed by atoms with Crippen molar-refractivity contribution in [3.05, 3.63) is 46.7 Å². The van der Waals surface area contributed by atoms with Crippen LogP contribution >= 0.6 is 15.9 Å². The predicted molar refractivity (Wildman–Crippen MR) is 64.0 cm³/mol. The molecule has 0 saturated heterocycles. The summed E-state index contributed by atoms with van der Waals surface area (Å²) in [4.78, 5) is 0. The van der Waals surface area contributed by atoms with Gasteiger partial charge in [-0.3, -0.25) is 0 Å². The molecule has 1 aromatic heterocycles. The summed E-state index contributed by atoms with van der Waals surface area (Å²) in [5.41, 5.74) is 7.79. The Hall–Kier alpha value is -1.13. The number of benzene rings is 1. The fraction of sp³-hybridized carbons (Fsp3) is 0.182. The molecule has 2 aromatic rings. The third-order valence-corrected chi connectivity index (χ3v) is 2.83. The molecule has 0 aliphatic heterocycles. The van der Waals surface area contributed by atoms with Crippen LogP contribution in [0, 0.1) is 0 Å². The van der Waals surface area contributed by atoms with E-state index in [1.165, 1.54) is 5.56 Å². The maximum atomic E-state index is 5.51. The van der Waals surface area contributed by atoms with Crippen molar-refractivity contribution in [2.45, 2.75) is 6.42 Å². The van der Waals surface area contributed by atoms with Crippen molar-refractivity contribution < 1.29 is 0 Å². The summed E-state index contributed by atoms with van der Waals surface area (Å²) >= 11 is 3.54. The summed E-state index contributed by atoms with van der Waals surface area (Å²) in [7, 11) is 0. The fourth-order valence-corrected chi connectivity index (χ4v) is 2.08. The lowest BCUT2D eigenvalue weighted by Crippen LogP contribution is -2.03. The van der Waals surface area contributed by atoms with E-state index in [0.29, 0.717) is 6.54 Å². The highest BCUT2D eigenvalue weighted by atomic mass is 79.9. The molecule has 0 radical (unpaired) electrons. The van der Waals surface area contributed by atoms with E-state index in [1.54, 1.807) is 6.20 Å². The Bertz CT molecular complexity index is 437. The van der Waals surface area contributed by atoms with Crippen LogP contribution in [-0.2, 0) is 6.42 Å². The molecule has 0 saturated carbocycles. The Labute approximate surface area is 97.0 Å². The van der Waals surface area contributed by atoms with E-state index < -0.39 is 0 Å². The standard InChI is InChI=1S/C11H12BrN3/c12-10-8-9(4-5-13)2-3-11(10)15-7-1-6-14-15/h1-3,6-8H,4-5,13H2. The van der Waals surface area contributed by atoms with Crippen LogP contribution in [-0.4, -0.2) is 16.3 Å². The molecule has 0 amide bonds. The molecule has 0 atom stereocenters. The summed E-state index contributed by atoms with van der Waals surface area (Å²) in [6.45, 7) is 0.674. The zero-order valence-electron chi connectivity index (χ0n) is 8.23. The van der Waals surface area contributed by atoms with Gasteiger partial charge < -0.3 is 5.73 Å². The van der Waals surface area contributed by atoms with Gasteiger partial charge in [0.25, 0.3) is 0 Å². The van der Waals surface area contributed by atoms with Crippen molar-refractivity contribution in [2.24, 2.45) is 5.73 Å². The van der Waals surface area contributed by atoms with Gasteiger partial charge in [-0.15, -0.1) is 0 Å². The van der Waals surface area contributed by atoms with E-state index >= 15 is 0 Å². The third-order valence-electron chi connectivity index (χ3n) is 2.20. The molecular formula is C11H12BrN3. The van der Waals surface area contributed by atoms with Gasteiger partial charge in [0, 0.05) is 16.9 Å². The Morgan fingerprint density at radius 1 is 1.40 bits per heavy atom. The molecule has 3 nitrogen and oxygen atoms in total. The molecule has 4 heteroatoms. The van der Waals surface area contributed by atoms with Crippen LogP contribution < -0.4 is 5.73 Å². The molecule has 78 valence electrons. The average Bonchev–Trinajstić information content (AvgIpc) is 2.71. The summed E-state index contributed by atoms with van der Waals surface area (Å²) in [6, 6.07) is 8.11. The maximum Gasteiger partial charge on any atom is 0.0787 e. The molecule has 0 spiro atoms. The molecule has 0 bridgehead atoms. The molecule has 0 aliphatic rings. The molecular weight excluding hydrogens is 254 g/mol. The highest BCUT2D eigenvalue weighted by Gasteiger charge is 2.03. The van der Waals surface area contributed by atoms with Crippen LogP contribution in [0.4, 0.5) is 0 Å². The van der Waals surface area contributed by atoms with Gasteiger partial charge in [0.2, 0.25) is 0 Å². The van der Waals surface area contributed by atoms with Gasteiger partial charge >= 0.3 is 0 Å². The fourth-order valence-electron chi connectivity index (χ4n) is 1.47. The summed E-state index contributed by atoms with van der Waals surface area (Å²) in [5.74, 6) is 0. The maximum absolute atomic E-state index is 5.51. The Morgan fingerprint density at radius 2 is 2.27 bits per heavy atom. The molecule has 15 heavy (non-hydrogen) atoms. The van der Waals surface area contributed by atoms with E-state index in [4.69, 9.17) is 5.73 Å². The number of hydrogen-bond acceptors (Lipinski definition) is 2. The summed E-state index contributed by atoms with van der Waals surface area (Å²) < 4.78 is 2.87. The minimum atomic E-state index is 0.674. The minimum absolute atomic E-state index is 0.674. The number of nitrogens with zero attached hydrogens (tertiary/aromatic N) is 2. The third kappa shape index (κ3) is 2.27. The summed E-state index contributed by atoms with van der Waals surface area (Å²) in [6.07, 6.45) is 4.58. The SMILES string of the molecule is NCCc1ccc(-n2cccn2)c(Br)c1. The second-order valence-corrected chi connectivity index (χ2v) is 4.13. The van der Waals surface area contributed by atoms with Gasteiger partial charge in [-0.1, -0.05) is 6.07 Å². The minimum Gasteiger partial charge on any atom is -0.330 e. The number of halogens is 1. The zero-order valence-corrected chi connectivity index (χ0v) is 9.81. The molecule has 0 fully saturated rings. The predicted octanol–water partition coefficient (Wildman–Crippen LogP) is 2.14. The van der Waals surface area contributed by atoms with Crippen molar-refractivity contribution in [3.8, 4) is 5.69 Å². The number of aromatic nitrogens is 2. The molecule has 1 heterocycles. The van der Waals surface area contributed by atoms with Crippen molar-refractivity contribution in [1.29, 1.82) is 0 Å². The van der Waals surface area contributed by atoms with Crippen molar-refractivity contribution in [1.82, 2.24) is 9.78 Å². The largest absolute Gasteiger partial charge is 0.330 e. The van der Waals surface area contributed by atoms with Gasteiger partial charge in [0.05, 0.1) is 5.69 Å². The number of rotatable bonds is 3. The molecule has 2 rings (SSSR count). The lowest BCUT2D eigenvalue weighted by atomic mass is 10.1. The first-order valence-electron chi connectivity index (χ1n) is 4.80. The normalized spacial score (nSPS) is 10.5. The van der Waals surface area contributed by atoms with Crippen LogP contribution in [0.5, 0.6) is 0 Å². The Morgan fingerprint density at radius 3 is 2.87 bits per heavy atom. The van der Waals surface area contributed by atoms with Crippen LogP contribution in [0.1, 0.15) is 5.56 Å². The number of nitrogens with two attached hydrogens (primary N) is 1. The highest BCUT2D eigenvalue weighted by Crippen LogP contribution is 2.21. The van der Waals surface area contributed by atoms with Crippen molar-refractivity contribution in [2.75, 3.05) is 6.54 Å². The monoisotopic (exact) mass is 265 g/mol. The second kappa shape index (κ2) is 4.59. The van der Waals surface area contributed by atoms with E-state index in [2.05, 4.69) is 33.2 Å². The molecule has 0 aliphatic carbocycles. The van der Waals surface area contributed by atoms with E-state index in [0.717, 1.165) is 16.6 Å². The smallest absolute Gasteiger partial charge is 0.0787 e. The lowest BCUT2D eigenvalue weighted by Gasteiger charge is -2.06. The molecule has 1 aromatic carbocycles.